The standard InChI is InChI=1S/C70H117F3N12O14/c1-23-46(10)60-66(96)81(18)37-58(89)79(16)38-59(90)83(20)54(40-98-31-30-42(2)3)65(95)80(17)36-55(86)75-50(29-26-47-24-27-48(28-25-47)70(71,72)73)64(94)84(21)53(34-45(8)9)63(93)78-69(14,15)67(97)85(22)52(33-44(6)7)61(91)74-49(39-99-41-56(87)77-68(11,12)13)35-57(88)82(19)51(32-43(4)5)62(92)76-60/h24-25,27-28,42-46,49-54,60H,23,26,29-41H2,1-22H3,(H,74,91)(H,75,86)(H,76,92)(H,77,87)(H,78,93)/t46-,49-,50-,51-,52-,53-,54-,60-/m0/s1. The number of hydrogen-bond acceptors (Lipinski definition) is 14. The molecule has 0 bridgehead atoms. The van der Waals surface area contributed by atoms with Crippen molar-refractivity contribution in [2.24, 2.45) is 29.6 Å². The Balaban J connectivity index is 2.98. The highest BCUT2D eigenvalue weighted by atomic mass is 19.4. The van der Waals surface area contributed by atoms with E-state index < -0.39 is 181 Å². The van der Waals surface area contributed by atoms with Crippen molar-refractivity contribution in [3.63, 3.8) is 0 Å². The Kier molecular flexibility index (Phi) is 35.0. The number of carbonyl (C=O) groups excluding carboxylic acids is 12. The SMILES string of the molecule is CC[C@H](C)[C@@H]1NC(=O)[C@H](CC(C)C)N(C)C(=O)C[C@@H](COCC(=O)NC(C)(C)C)NC(=O)[C@H](CC(C)C)N(C)C(=O)C(C)(C)NC(=O)[C@H](CC(C)C)N(C)C(=O)[C@H](CCc2ccc(C(F)(F)F)cc2)NC(=O)CN(C)C(=O)[C@H](COCCC(C)C)N(C)C(=O)CN(C)C(=O)CN(C)C1=O. The number of halogens is 3. The van der Waals surface area contributed by atoms with Crippen LogP contribution in [-0.4, -0.2) is 254 Å². The van der Waals surface area contributed by atoms with Crippen LogP contribution >= 0.6 is 0 Å². The fraction of sp³-hybridized carbons (Fsp3) is 0.743. The van der Waals surface area contributed by atoms with Crippen molar-refractivity contribution in [3.05, 3.63) is 35.4 Å². The minimum Gasteiger partial charge on any atom is -0.379 e. The maximum Gasteiger partial charge on any atom is 0.416 e. The van der Waals surface area contributed by atoms with Gasteiger partial charge in [0.05, 0.1) is 44.5 Å². The topological polar surface area (TPSA) is 306 Å². The minimum absolute atomic E-state index is 0.00756. The molecule has 12 amide bonds. The van der Waals surface area contributed by atoms with Crippen LogP contribution in [0.15, 0.2) is 24.3 Å². The third-order valence-corrected chi connectivity index (χ3v) is 17.2. The lowest BCUT2D eigenvalue weighted by atomic mass is 9.95. The lowest BCUT2D eigenvalue weighted by Gasteiger charge is -2.38. The molecule has 0 aliphatic carbocycles. The van der Waals surface area contributed by atoms with Crippen LogP contribution < -0.4 is 26.6 Å². The number of alkyl halides is 3. The van der Waals surface area contributed by atoms with Crippen molar-refractivity contribution in [2.45, 2.75) is 215 Å². The average Bonchev–Trinajstić information content (AvgIpc) is 0.828. The molecule has 0 aromatic heterocycles. The number of amides is 12. The molecule has 29 heteroatoms. The van der Waals surface area contributed by atoms with Crippen molar-refractivity contribution in [1.29, 1.82) is 0 Å². The molecule has 2 rings (SSSR count). The Hall–Kier alpha value is -7.43. The maximum absolute atomic E-state index is 15.0. The van der Waals surface area contributed by atoms with Crippen LogP contribution in [0, 0.1) is 29.6 Å². The van der Waals surface area contributed by atoms with Gasteiger partial charge < -0.3 is 70.4 Å². The maximum atomic E-state index is 15.0. The molecule has 1 aromatic rings. The Morgan fingerprint density at radius 3 is 1.61 bits per heavy atom. The largest absolute Gasteiger partial charge is 0.416 e. The lowest BCUT2D eigenvalue weighted by molar-refractivity contribution is -0.150. The Bertz CT molecular complexity index is 2900. The highest BCUT2D eigenvalue weighted by Crippen LogP contribution is 2.30. The number of nitrogens with one attached hydrogen (secondary N) is 5. The van der Waals surface area contributed by atoms with Gasteiger partial charge in [0.1, 0.15) is 48.4 Å². The van der Waals surface area contributed by atoms with Gasteiger partial charge in [-0.05, 0) is 120 Å². The first-order valence-electron chi connectivity index (χ1n) is 34.3. The molecule has 1 aromatic carbocycles. The van der Waals surface area contributed by atoms with Gasteiger partial charge in [0.2, 0.25) is 70.9 Å². The summed E-state index contributed by atoms with van der Waals surface area (Å²) in [5.74, 6) is -9.76. The second-order valence-electron chi connectivity index (χ2n) is 29.8. The molecule has 0 unspecified atom stereocenters. The van der Waals surface area contributed by atoms with Crippen LogP contribution in [0.3, 0.4) is 0 Å². The van der Waals surface area contributed by atoms with E-state index in [1.54, 1.807) is 48.5 Å². The fourth-order valence-electron chi connectivity index (χ4n) is 11.0. The van der Waals surface area contributed by atoms with E-state index >= 15 is 4.79 Å². The van der Waals surface area contributed by atoms with Crippen molar-refractivity contribution < 1.29 is 80.2 Å². The minimum atomic E-state index is -4.64. The van der Waals surface area contributed by atoms with Crippen LogP contribution in [0.25, 0.3) is 0 Å². The summed E-state index contributed by atoms with van der Waals surface area (Å²) < 4.78 is 52.7. The number of rotatable bonds is 20. The molecular formula is C70H117F3N12O14. The zero-order chi connectivity index (χ0) is 75.9. The van der Waals surface area contributed by atoms with E-state index in [4.69, 9.17) is 9.47 Å². The lowest BCUT2D eigenvalue weighted by Crippen LogP contribution is -2.63. The van der Waals surface area contributed by atoms with Crippen LogP contribution in [0.2, 0.25) is 0 Å². The van der Waals surface area contributed by atoms with Crippen LogP contribution in [0.5, 0.6) is 0 Å². The smallest absolute Gasteiger partial charge is 0.379 e. The summed E-state index contributed by atoms with van der Waals surface area (Å²) in [5, 5.41) is 14.0. The second kappa shape index (κ2) is 39.5. The van der Waals surface area contributed by atoms with E-state index in [2.05, 4.69) is 26.6 Å². The number of aryl methyl sites for hydroxylation is 1. The molecule has 8 atom stereocenters. The average molecular weight is 1410 g/mol. The van der Waals surface area contributed by atoms with Gasteiger partial charge in [-0.25, -0.2) is 0 Å². The first kappa shape index (κ1) is 87.7. The summed E-state index contributed by atoms with van der Waals surface area (Å²) in [7, 11) is 9.38. The zero-order valence-corrected chi connectivity index (χ0v) is 62.8. The van der Waals surface area contributed by atoms with Crippen molar-refractivity contribution in [1.82, 2.24) is 60.9 Å². The van der Waals surface area contributed by atoms with E-state index in [1.807, 2.05) is 41.5 Å². The highest BCUT2D eigenvalue weighted by Gasteiger charge is 2.43. The summed E-state index contributed by atoms with van der Waals surface area (Å²) in [6.45, 7) is 23.6. The first-order chi connectivity index (χ1) is 45.6. The molecule has 562 valence electrons. The molecule has 1 saturated heterocycles. The van der Waals surface area contributed by atoms with E-state index in [1.165, 1.54) is 80.2 Å². The fourth-order valence-corrected chi connectivity index (χ4v) is 11.0. The Labute approximate surface area is 585 Å². The zero-order valence-electron chi connectivity index (χ0n) is 62.8. The van der Waals surface area contributed by atoms with E-state index in [0.717, 1.165) is 41.5 Å². The van der Waals surface area contributed by atoms with Gasteiger partial charge in [-0.1, -0.05) is 87.8 Å². The van der Waals surface area contributed by atoms with Gasteiger partial charge in [-0.15, -0.1) is 0 Å². The summed E-state index contributed by atoms with van der Waals surface area (Å²) in [5.41, 5.74) is -3.00. The van der Waals surface area contributed by atoms with Crippen LogP contribution in [-0.2, 0) is 79.6 Å². The van der Waals surface area contributed by atoms with E-state index in [9.17, 15) is 65.9 Å². The van der Waals surface area contributed by atoms with Gasteiger partial charge in [-0.2, -0.15) is 13.2 Å². The first-order valence-corrected chi connectivity index (χ1v) is 34.3. The van der Waals surface area contributed by atoms with Crippen molar-refractivity contribution >= 4 is 70.9 Å². The molecule has 1 fully saturated rings. The molecule has 0 radical (unpaired) electrons. The predicted molar refractivity (Wildman–Crippen MR) is 368 cm³/mol. The molecule has 1 aliphatic rings. The van der Waals surface area contributed by atoms with Crippen molar-refractivity contribution in [3.8, 4) is 0 Å². The van der Waals surface area contributed by atoms with Crippen LogP contribution in [0.1, 0.15) is 160 Å². The number of carbonyl (C=O) groups is 12. The van der Waals surface area contributed by atoms with Gasteiger partial charge in [0.15, 0.2) is 0 Å². The van der Waals surface area contributed by atoms with Crippen molar-refractivity contribution in [2.75, 3.05) is 95.4 Å². The third-order valence-electron chi connectivity index (χ3n) is 17.2. The second-order valence-corrected chi connectivity index (χ2v) is 29.8. The predicted octanol–water partition coefficient (Wildman–Crippen LogP) is 4.25. The monoisotopic (exact) mass is 1410 g/mol. The summed E-state index contributed by atoms with van der Waals surface area (Å²) >= 11 is 0. The third kappa shape index (κ3) is 29.0. The molecule has 0 saturated carbocycles. The molecular weight excluding hydrogens is 1290 g/mol. The molecule has 99 heavy (non-hydrogen) atoms. The number of ether oxygens (including phenoxy) is 2. The molecule has 1 aliphatic heterocycles. The molecule has 0 spiro atoms. The molecule has 5 N–H and O–H groups in total. The number of nitrogens with zero attached hydrogens (tertiary/aromatic N) is 7. The quantitative estimate of drug-likeness (QED) is 0.114. The van der Waals surface area contributed by atoms with Gasteiger partial charge in [0.25, 0.3) is 0 Å². The Morgan fingerprint density at radius 2 is 1.09 bits per heavy atom. The highest BCUT2D eigenvalue weighted by molar-refractivity contribution is 5.99. The van der Waals surface area contributed by atoms with Gasteiger partial charge >= 0.3 is 6.18 Å². The summed E-state index contributed by atoms with van der Waals surface area (Å²) in [6.07, 6.45) is -4.28. The van der Waals surface area contributed by atoms with E-state index in [-0.39, 0.29) is 69.0 Å². The molecule has 1 heterocycles. The van der Waals surface area contributed by atoms with E-state index in [0.29, 0.717) is 18.4 Å². The normalized spacial score (nSPS) is 22.9. The number of likely N-dealkylation sites (N-methyl/N-ethyl adjacent to an activating group) is 7. The van der Waals surface area contributed by atoms with Gasteiger partial charge in [-0.3, -0.25) is 57.5 Å². The molecule has 26 nitrogen and oxygen atoms in total. The summed E-state index contributed by atoms with van der Waals surface area (Å²) in [6, 6.07) is -4.85. The Morgan fingerprint density at radius 1 is 0.586 bits per heavy atom. The van der Waals surface area contributed by atoms with Gasteiger partial charge in [0, 0.05) is 67.9 Å². The van der Waals surface area contributed by atoms with Crippen LogP contribution in [0.4, 0.5) is 13.2 Å². The number of hydrogen-bond donors (Lipinski definition) is 5. The number of benzene rings is 1. The summed E-state index contributed by atoms with van der Waals surface area (Å²) in [4.78, 5) is 181.